The van der Waals surface area contributed by atoms with Gasteiger partial charge in [0, 0.05) is 12.1 Å². The molecule has 2 fully saturated rings. The zero-order chi connectivity index (χ0) is 13.5. The molecule has 1 saturated heterocycles. The van der Waals surface area contributed by atoms with Crippen LogP contribution in [0.2, 0.25) is 4.34 Å². The van der Waals surface area contributed by atoms with Gasteiger partial charge in [0.2, 0.25) is 10.0 Å². The molecule has 1 N–H and O–H groups in total. The standard InChI is InChI=1S/C12H17ClN2O2S2/c13-11-3-4-12(18-11)19(16,17)14-9-5-7-15(8-6-9)10-1-2-10/h3-4,9-10,14H,1-2,5-8H2. The molecule has 3 rings (SSSR count). The van der Waals surface area contributed by atoms with Gasteiger partial charge in [-0.2, -0.15) is 0 Å². The summed E-state index contributed by atoms with van der Waals surface area (Å²) in [6.45, 7) is 2.01. The first-order chi connectivity index (χ1) is 9.04. The lowest BCUT2D eigenvalue weighted by Gasteiger charge is -2.32. The van der Waals surface area contributed by atoms with Crippen LogP contribution in [0.25, 0.3) is 0 Å². The van der Waals surface area contributed by atoms with Gasteiger partial charge < -0.3 is 4.90 Å². The fourth-order valence-electron chi connectivity index (χ4n) is 2.54. The van der Waals surface area contributed by atoms with Crippen LogP contribution >= 0.6 is 22.9 Å². The summed E-state index contributed by atoms with van der Waals surface area (Å²) >= 11 is 6.89. The lowest BCUT2D eigenvalue weighted by atomic mass is 10.1. The molecule has 1 aliphatic carbocycles. The Bertz CT molecular complexity index is 546. The van der Waals surface area contributed by atoms with Gasteiger partial charge in [0.1, 0.15) is 4.21 Å². The van der Waals surface area contributed by atoms with Crippen LogP contribution in [0.15, 0.2) is 16.3 Å². The Balaban J connectivity index is 1.59. The van der Waals surface area contributed by atoms with E-state index in [1.807, 2.05) is 0 Å². The molecule has 0 aromatic carbocycles. The lowest BCUT2D eigenvalue weighted by molar-refractivity contribution is 0.199. The number of nitrogens with zero attached hydrogens (tertiary/aromatic N) is 1. The second kappa shape index (κ2) is 5.33. The van der Waals surface area contributed by atoms with E-state index < -0.39 is 10.0 Å². The topological polar surface area (TPSA) is 49.4 Å². The molecule has 19 heavy (non-hydrogen) atoms. The quantitative estimate of drug-likeness (QED) is 0.926. The van der Waals surface area contributed by atoms with Crippen LogP contribution in [0, 0.1) is 0 Å². The monoisotopic (exact) mass is 320 g/mol. The van der Waals surface area contributed by atoms with Gasteiger partial charge in [0.15, 0.2) is 0 Å². The fraction of sp³-hybridized carbons (Fsp3) is 0.667. The maximum Gasteiger partial charge on any atom is 0.250 e. The van der Waals surface area contributed by atoms with Crippen molar-refractivity contribution in [3.8, 4) is 0 Å². The Morgan fingerprint density at radius 2 is 1.89 bits per heavy atom. The summed E-state index contributed by atoms with van der Waals surface area (Å²) in [6.07, 6.45) is 4.41. The van der Waals surface area contributed by atoms with Crippen molar-refractivity contribution < 1.29 is 8.42 Å². The summed E-state index contributed by atoms with van der Waals surface area (Å²) in [4.78, 5) is 2.48. The van der Waals surface area contributed by atoms with Crippen molar-refractivity contribution >= 4 is 33.0 Å². The number of sulfonamides is 1. The van der Waals surface area contributed by atoms with E-state index in [1.165, 1.54) is 12.8 Å². The first-order valence-electron chi connectivity index (χ1n) is 6.56. The SMILES string of the molecule is O=S(=O)(NC1CCN(C2CC2)CC1)c1ccc(Cl)s1. The molecule has 2 heterocycles. The van der Waals surface area contributed by atoms with Crippen LogP contribution in [0.3, 0.4) is 0 Å². The molecule has 0 radical (unpaired) electrons. The Labute approximate surface area is 122 Å². The van der Waals surface area contributed by atoms with Crippen LogP contribution in [0.5, 0.6) is 0 Å². The molecule has 0 bridgehead atoms. The molecule has 1 aromatic rings. The van der Waals surface area contributed by atoms with Crippen LogP contribution < -0.4 is 4.72 Å². The maximum atomic E-state index is 12.2. The molecular weight excluding hydrogens is 304 g/mol. The summed E-state index contributed by atoms with van der Waals surface area (Å²) in [5, 5.41) is 0. The average Bonchev–Trinajstić information content (AvgIpc) is 3.11. The molecule has 1 aliphatic heterocycles. The van der Waals surface area contributed by atoms with E-state index in [0.29, 0.717) is 8.55 Å². The van der Waals surface area contributed by atoms with Gasteiger partial charge in [-0.3, -0.25) is 0 Å². The summed E-state index contributed by atoms with van der Waals surface area (Å²) in [7, 11) is -3.40. The number of nitrogens with one attached hydrogen (secondary N) is 1. The molecule has 1 aromatic heterocycles. The largest absolute Gasteiger partial charge is 0.300 e. The van der Waals surface area contributed by atoms with Crippen molar-refractivity contribution in [1.29, 1.82) is 0 Å². The first-order valence-corrected chi connectivity index (χ1v) is 9.24. The number of piperidine rings is 1. The molecule has 0 amide bonds. The number of rotatable bonds is 4. The Kier molecular flexibility index (Phi) is 3.88. The van der Waals surface area contributed by atoms with Crippen molar-refractivity contribution in [2.45, 2.75) is 42.0 Å². The molecule has 0 atom stereocenters. The number of thiophene rings is 1. The zero-order valence-electron chi connectivity index (χ0n) is 10.5. The highest BCUT2D eigenvalue weighted by Crippen LogP contribution is 2.30. The van der Waals surface area contributed by atoms with E-state index >= 15 is 0 Å². The molecule has 1 saturated carbocycles. The zero-order valence-corrected chi connectivity index (χ0v) is 12.9. The third kappa shape index (κ3) is 3.31. The van der Waals surface area contributed by atoms with Crippen LogP contribution in [0.1, 0.15) is 25.7 Å². The third-order valence-corrected chi connectivity index (χ3v) is 6.97. The third-order valence-electron chi connectivity index (χ3n) is 3.73. The Morgan fingerprint density at radius 3 is 2.42 bits per heavy atom. The minimum absolute atomic E-state index is 0.0564. The number of hydrogen-bond donors (Lipinski definition) is 1. The van der Waals surface area contributed by atoms with Crippen LogP contribution in [-0.4, -0.2) is 38.5 Å². The van der Waals surface area contributed by atoms with Gasteiger partial charge in [0.05, 0.1) is 4.34 Å². The minimum Gasteiger partial charge on any atom is -0.300 e. The lowest BCUT2D eigenvalue weighted by Crippen LogP contribution is -2.45. The Hall–Kier alpha value is -0.140. The van der Waals surface area contributed by atoms with Gasteiger partial charge in [-0.15, -0.1) is 11.3 Å². The van der Waals surface area contributed by atoms with Crippen LogP contribution in [0.4, 0.5) is 0 Å². The van der Waals surface area contributed by atoms with Gasteiger partial charge >= 0.3 is 0 Å². The first kappa shape index (κ1) is 13.8. The average molecular weight is 321 g/mol. The molecule has 0 spiro atoms. The predicted molar refractivity (Wildman–Crippen MR) is 77.3 cm³/mol. The molecule has 2 aliphatic rings. The summed E-state index contributed by atoms with van der Waals surface area (Å²) < 4.78 is 28.0. The van der Waals surface area contributed by atoms with Gasteiger partial charge in [-0.25, -0.2) is 13.1 Å². The van der Waals surface area contributed by atoms with Crippen molar-refractivity contribution in [3.63, 3.8) is 0 Å². The number of halogens is 1. The van der Waals surface area contributed by atoms with Crippen molar-refractivity contribution in [3.05, 3.63) is 16.5 Å². The second-order valence-electron chi connectivity index (χ2n) is 5.22. The van der Waals surface area contributed by atoms with E-state index in [0.717, 1.165) is 43.3 Å². The smallest absolute Gasteiger partial charge is 0.250 e. The highest BCUT2D eigenvalue weighted by Gasteiger charge is 2.33. The highest BCUT2D eigenvalue weighted by atomic mass is 35.5. The van der Waals surface area contributed by atoms with E-state index in [4.69, 9.17) is 11.6 Å². The summed E-state index contributed by atoms with van der Waals surface area (Å²) in [5.41, 5.74) is 0. The highest BCUT2D eigenvalue weighted by molar-refractivity contribution is 7.91. The van der Waals surface area contributed by atoms with Crippen molar-refractivity contribution in [2.75, 3.05) is 13.1 Å². The van der Waals surface area contributed by atoms with E-state index in [2.05, 4.69) is 9.62 Å². The number of likely N-dealkylation sites (tertiary alicyclic amines) is 1. The molecular formula is C12H17ClN2O2S2. The summed E-state index contributed by atoms with van der Waals surface area (Å²) in [6, 6.07) is 4.01. The predicted octanol–water partition coefficient (Wildman–Crippen LogP) is 2.31. The molecule has 0 unspecified atom stereocenters. The van der Waals surface area contributed by atoms with E-state index in [1.54, 1.807) is 12.1 Å². The second-order valence-corrected chi connectivity index (χ2v) is 8.88. The van der Waals surface area contributed by atoms with Gasteiger partial charge in [0.25, 0.3) is 0 Å². The van der Waals surface area contributed by atoms with Gasteiger partial charge in [-0.05, 0) is 50.9 Å². The van der Waals surface area contributed by atoms with Crippen LogP contribution in [-0.2, 0) is 10.0 Å². The van der Waals surface area contributed by atoms with E-state index in [9.17, 15) is 8.42 Å². The molecule has 106 valence electrons. The Morgan fingerprint density at radius 1 is 1.21 bits per heavy atom. The van der Waals surface area contributed by atoms with Crippen molar-refractivity contribution in [1.82, 2.24) is 9.62 Å². The maximum absolute atomic E-state index is 12.2. The van der Waals surface area contributed by atoms with E-state index in [-0.39, 0.29) is 6.04 Å². The summed E-state index contributed by atoms with van der Waals surface area (Å²) in [5.74, 6) is 0. The molecule has 7 heteroatoms. The number of hydrogen-bond acceptors (Lipinski definition) is 4. The van der Waals surface area contributed by atoms with Gasteiger partial charge in [-0.1, -0.05) is 11.6 Å². The minimum atomic E-state index is -3.40. The normalized spacial score (nSPS) is 22.8. The molecule has 4 nitrogen and oxygen atoms in total. The fourth-order valence-corrected chi connectivity index (χ4v) is 5.35. The van der Waals surface area contributed by atoms with Crippen molar-refractivity contribution in [2.24, 2.45) is 0 Å².